The fourth-order valence-electron chi connectivity index (χ4n) is 2.52. The molecule has 3 amide bonds. The molecular weight excluding hydrogens is 334 g/mol. The van der Waals surface area contributed by atoms with Gasteiger partial charge in [-0.3, -0.25) is 10.1 Å². The number of urea groups is 1. The Morgan fingerprint density at radius 3 is 2.83 bits per heavy atom. The van der Waals surface area contributed by atoms with Gasteiger partial charge in [-0.25, -0.2) is 4.79 Å². The molecule has 2 rings (SSSR count). The molecule has 2 unspecified atom stereocenters. The number of nitrogens with zero attached hydrogens (tertiary/aromatic N) is 2. The van der Waals surface area contributed by atoms with Crippen LogP contribution in [0.2, 0.25) is 0 Å². The van der Waals surface area contributed by atoms with Gasteiger partial charge in [0.25, 0.3) is 0 Å². The zero-order chi connectivity index (χ0) is 16.7. The predicted molar refractivity (Wildman–Crippen MR) is 92.9 cm³/mol. The van der Waals surface area contributed by atoms with Gasteiger partial charge in [-0.05, 0) is 25.7 Å². The fraction of sp³-hybridized carbons (Fsp3) is 0.714. The average Bonchev–Trinajstić information content (AvgIpc) is 2.96. The maximum absolute atomic E-state index is 11.9. The van der Waals surface area contributed by atoms with Crippen LogP contribution in [0.1, 0.15) is 39.5 Å². The minimum atomic E-state index is -0.403. The minimum absolute atomic E-state index is 0.147. The normalized spacial score (nSPS) is 20.8. The molecule has 2 atom stereocenters. The molecule has 0 aliphatic heterocycles. The van der Waals surface area contributed by atoms with E-state index in [0.29, 0.717) is 10.3 Å². The lowest BCUT2D eigenvalue weighted by atomic mass is 9.86. The number of carbonyl (C=O) groups excluding carboxylic acids is 2. The molecule has 1 fully saturated rings. The second-order valence-corrected chi connectivity index (χ2v) is 7.78. The first kappa shape index (κ1) is 18.0. The molecule has 0 bridgehead atoms. The highest BCUT2D eigenvalue weighted by molar-refractivity contribution is 8.01. The summed E-state index contributed by atoms with van der Waals surface area (Å²) in [7, 11) is 0. The number of rotatable bonds is 6. The number of aromatic nitrogens is 2. The first-order valence-electron chi connectivity index (χ1n) is 7.89. The number of amides is 3. The lowest BCUT2D eigenvalue weighted by Gasteiger charge is -2.29. The van der Waals surface area contributed by atoms with Crippen molar-refractivity contribution in [3.05, 3.63) is 0 Å². The lowest BCUT2D eigenvalue weighted by Crippen LogP contribution is -2.48. The van der Waals surface area contributed by atoms with Crippen molar-refractivity contribution in [3.63, 3.8) is 0 Å². The Hall–Kier alpha value is -1.35. The molecule has 1 saturated carbocycles. The topological polar surface area (TPSA) is 96.0 Å². The Bertz CT molecular complexity index is 537. The number of thioether (sulfide) groups is 1. The number of imide groups is 1. The van der Waals surface area contributed by atoms with E-state index in [-0.39, 0.29) is 17.7 Å². The van der Waals surface area contributed by atoms with Gasteiger partial charge in [0.1, 0.15) is 0 Å². The van der Waals surface area contributed by atoms with Gasteiger partial charge in [-0.15, -0.1) is 10.2 Å². The van der Waals surface area contributed by atoms with Gasteiger partial charge in [0, 0.05) is 12.6 Å². The maximum Gasteiger partial charge on any atom is 0.321 e. The summed E-state index contributed by atoms with van der Waals surface area (Å²) in [5, 5.41) is 17.0. The molecule has 0 saturated heterocycles. The first-order valence-corrected chi connectivity index (χ1v) is 9.69. The number of hydrogen-bond acceptors (Lipinski definition) is 7. The van der Waals surface area contributed by atoms with E-state index in [0.717, 1.165) is 30.9 Å². The lowest BCUT2D eigenvalue weighted by molar-refractivity contribution is -0.117. The number of anilines is 1. The third-order valence-corrected chi connectivity index (χ3v) is 5.76. The zero-order valence-corrected chi connectivity index (χ0v) is 15.1. The monoisotopic (exact) mass is 357 g/mol. The van der Waals surface area contributed by atoms with Crippen LogP contribution in [0, 0.1) is 5.92 Å². The molecular formula is C14H23N5O2S2. The second-order valence-electron chi connectivity index (χ2n) is 5.58. The van der Waals surface area contributed by atoms with Gasteiger partial charge in [0.15, 0.2) is 4.34 Å². The average molecular weight is 358 g/mol. The van der Waals surface area contributed by atoms with Crippen molar-refractivity contribution in [1.29, 1.82) is 0 Å². The Labute approximate surface area is 144 Å². The summed E-state index contributed by atoms with van der Waals surface area (Å²) < 4.78 is 0.706. The molecule has 0 aromatic carbocycles. The fourth-order valence-corrected chi connectivity index (χ4v) is 4.14. The van der Waals surface area contributed by atoms with Gasteiger partial charge in [0.2, 0.25) is 11.0 Å². The SMILES string of the molecule is CCNc1nnc(SCC(=O)NC(=O)NC2CCCCC2C)s1. The third-order valence-electron chi connectivity index (χ3n) is 3.74. The number of carbonyl (C=O) groups is 2. The molecule has 1 heterocycles. The van der Waals surface area contributed by atoms with Gasteiger partial charge in [-0.1, -0.05) is 42.9 Å². The van der Waals surface area contributed by atoms with E-state index in [2.05, 4.69) is 33.1 Å². The van der Waals surface area contributed by atoms with E-state index in [1.807, 2.05) is 6.92 Å². The van der Waals surface area contributed by atoms with Crippen LogP contribution in [-0.2, 0) is 4.79 Å². The van der Waals surface area contributed by atoms with Gasteiger partial charge < -0.3 is 10.6 Å². The molecule has 1 aromatic heterocycles. The molecule has 9 heteroatoms. The predicted octanol–water partition coefficient (Wildman–Crippen LogP) is 2.47. The summed E-state index contributed by atoms with van der Waals surface area (Å²) in [5.74, 6) is 0.287. The molecule has 7 nitrogen and oxygen atoms in total. The van der Waals surface area contributed by atoms with Crippen molar-refractivity contribution < 1.29 is 9.59 Å². The van der Waals surface area contributed by atoms with Crippen LogP contribution in [0.5, 0.6) is 0 Å². The molecule has 0 radical (unpaired) electrons. The van der Waals surface area contributed by atoms with Gasteiger partial charge in [0.05, 0.1) is 5.75 Å². The summed E-state index contributed by atoms with van der Waals surface area (Å²) >= 11 is 2.67. The van der Waals surface area contributed by atoms with Gasteiger partial charge >= 0.3 is 6.03 Å². The van der Waals surface area contributed by atoms with E-state index in [9.17, 15) is 9.59 Å². The molecule has 128 valence electrons. The molecule has 1 aliphatic carbocycles. The van der Waals surface area contributed by atoms with Crippen LogP contribution in [0.15, 0.2) is 4.34 Å². The highest BCUT2D eigenvalue weighted by Gasteiger charge is 2.23. The van der Waals surface area contributed by atoms with Crippen LogP contribution < -0.4 is 16.0 Å². The number of hydrogen-bond donors (Lipinski definition) is 3. The highest BCUT2D eigenvalue weighted by Crippen LogP contribution is 2.25. The van der Waals surface area contributed by atoms with Crippen molar-refractivity contribution in [2.24, 2.45) is 5.92 Å². The quantitative estimate of drug-likeness (QED) is 0.677. The van der Waals surface area contributed by atoms with E-state index >= 15 is 0 Å². The first-order chi connectivity index (χ1) is 11.1. The van der Waals surface area contributed by atoms with Crippen LogP contribution >= 0.6 is 23.1 Å². The van der Waals surface area contributed by atoms with E-state index in [1.165, 1.54) is 29.5 Å². The van der Waals surface area contributed by atoms with E-state index in [4.69, 9.17) is 0 Å². The second kappa shape index (κ2) is 9.07. The van der Waals surface area contributed by atoms with Crippen LogP contribution in [0.25, 0.3) is 0 Å². The standard InChI is InChI=1S/C14H23N5O2S2/c1-3-15-13-18-19-14(23-13)22-8-11(20)17-12(21)16-10-7-5-4-6-9(10)2/h9-10H,3-8H2,1-2H3,(H,15,18)(H2,16,17,20,21). The summed E-state index contributed by atoms with van der Waals surface area (Å²) in [4.78, 5) is 23.7. The Kier molecular flexibility index (Phi) is 7.10. The molecule has 3 N–H and O–H groups in total. The van der Waals surface area contributed by atoms with Crippen LogP contribution in [0.3, 0.4) is 0 Å². The van der Waals surface area contributed by atoms with Crippen molar-refractivity contribution in [2.45, 2.75) is 49.9 Å². The zero-order valence-electron chi connectivity index (χ0n) is 13.4. The summed E-state index contributed by atoms with van der Waals surface area (Å²) in [6.45, 7) is 4.89. The molecule has 1 aromatic rings. The van der Waals surface area contributed by atoms with Crippen molar-refractivity contribution in [3.8, 4) is 0 Å². The van der Waals surface area contributed by atoms with Crippen molar-refractivity contribution >= 4 is 40.2 Å². The van der Waals surface area contributed by atoms with Crippen LogP contribution in [-0.4, -0.2) is 40.5 Å². The smallest absolute Gasteiger partial charge is 0.321 e. The summed E-state index contributed by atoms with van der Waals surface area (Å²) in [6, 6.07) is -0.241. The Morgan fingerprint density at radius 1 is 1.30 bits per heavy atom. The molecule has 23 heavy (non-hydrogen) atoms. The maximum atomic E-state index is 11.9. The minimum Gasteiger partial charge on any atom is -0.360 e. The molecule has 0 spiro atoms. The summed E-state index contributed by atoms with van der Waals surface area (Å²) in [5.41, 5.74) is 0. The Balaban J connectivity index is 1.70. The van der Waals surface area contributed by atoms with Crippen molar-refractivity contribution in [2.75, 3.05) is 17.6 Å². The third kappa shape index (κ3) is 5.98. The van der Waals surface area contributed by atoms with E-state index < -0.39 is 6.03 Å². The number of nitrogens with one attached hydrogen (secondary N) is 3. The van der Waals surface area contributed by atoms with E-state index in [1.54, 1.807) is 0 Å². The Morgan fingerprint density at radius 2 is 2.09 bits per heavy atom. The largest absolute Gasteiger partial charge is 0.360 e. The van der Waals surface area contributed by atoms with Crippen molar-refractivity contribution in [1.82, 2.24) is 20.8 Å². The summed E-state index contributed by atoms with van der Waals surface area (Å²) in [6.07, 6.45) is 4.45. The molecule has 1 aliphatic rings. The highest BCUT2D eigenvalue weighted by atomic mass is 32.2. The van der Waals surface area contributed by atoms with Crippen LogP contribution in [0.4, 0.5) is 9.93 Å². The van der Waals surface area contributed by atoms with Gasteiger partial charge in [-0.2, -0.15) is 0 Å².